The topological polar surface area (TPSA) is 71.3 Å². The second-order valence-electron chi connectivity index (χ2n) is 9.60. The first kappa shape index (κ1) is 25.5. The van der Waals surface area contributed by atoms with Crippen LogP contribution in [0.3, 0.4) is 0 Å². The fourth-order valence-electron chi connectivity index (χ4n) is 4.78. The molecule has 0 spiro atoms. The molecule has 1 heterocycles. The minimum atomic E-state index is -4.67. The Morgan fingerprint density at radius 1 is 1.11 bits per heavy atom. The van der Waals surface area contributed by atoms with Gasteiger partial charge in [-0.2, -0.15) is 13.2 Å². The molecular formula is C28H29F3N2O3. The van der Waals surface area contributed by atoms with Crippen LogP contribution in [0.1, 0.15) is 71.3 Å². The molecular weight excluding hydrogens is 469 g/mol. The Balaban J connectivity index is 1.55. The number of rotatable bonds is 9. The summed E-state index contributed by atoms with van der Waals surface area (Å²) >= 11 is 0. The van der Waals surface area contributed by atoms with Crippen LogP contribution in [0.15, 0.2) is 60.8 Å². The Bertz CT molecular complexity index is 1250. The first-order valence-electron chi connectivity index (χ1n) is 12.0. The summed E-state index contributed by atoms with van der Waals surface area (Å²) < 4.78 is 43.1. The molecule has 0 aliphatic heterocycles. The van der Waals surface area contributed by atoms with E-state index < -0.39 is 29.5 Å². The van der Waals surface area contributed by atoms with E-state index in [0.29, 0.717) is 24.1 Å². The van der Waals surface area contributed by atoms with Gasteiger partial charge < -0.3 is 15.0 Å². The molecule has 2 N–H and O–H groups in total. The Morgan fingerprint density at radius 3 is 2.44 bits per heavy atom. The molecule has 1 fully saturated rings. The van der Waals surface area contributed by atoms with Crippen molar-refractivity contribution >= 4 is 17.6 Å². The maximum atomic E-state index is 13.7. The highest BCUT2D eigenvalue weighted by Crippen LogP contribution is 2.49. The number of hydrogen-bond acceptors (Lipinski definition) is 2. The molecule has 190 valence electrons. The van der Waals surface area contributed by atoms with Crippen molar-refractivity contribution in [3.05, 3.63) is 88.7 Å². The number of alkyl halides is 3. The van der Waals surface area contributed by atoms with E-state index in [2.05, 4.69) is 17.4 Å². The van der Waals surface area contributed by atoms with E-state index in [0.717, 1.165) is 24.6 Å². The van der Waals surface area contributed by atoms with Crippen LogP contribution >= 0.6 is 0 Å². The number of carbonyl (C=O) groups excluding carboxylic acids is 1. The number of amides is 1. The number of carboxylic acids is 1. The number of aryl methyl sites for hydroxylation is 2. The smallest absolute Gasteiger partial charge is 0.418 e. The quantitative estimate of drug-likeness (QED) is 0.345. The zero-order valence-electron chi connectivity index (χ0n) is 20.2. The molecule has 0 bridgehead atoms. The van der Waals surface area contributed by atoms with E-state index in [1.165, 1.54) is 17.7 Å². The Morgan fingerprint density at radius 2 is 1.83 bits per heavy atom. The zero-order chi connectivity index (χ0) is 26.0. The Hall–Kier alpha value is -3.55. The van der Waals surface area contributed by atoms with Crippen LogP contribution in [0.2, 0.25) is 0 Å². The number of hydrogen-bond donors (Lipinski definition) is 2. The van der Waals surface area contributed by atoms with Gasteiger partial charge in [-0.1, -0.05) is 50.2 Å². The highest BCUT2D eigenvalue weighted by atomic mass is 19.4. The summed E-state index contributed by atoms with van der Waals surface area (Å²) in [6, 6.07) is 15.2. The molecule has 0 saturated heterocycles. The molecule has 36 heavy (non-hydrogen) atoms. The number of benzene rings is 2. The van der Waals surface area contributed by atoms with Crippen molar-refractivity contribution in [1.82, 2.24) is 4.57 Å². The van der Waals surface area contributed by atoms with Crippen LogP contribution in [0.4, 0.5) is 18.9 Å². The molecule has 1 saturated carbocycles. The van der Waals surface area contributed by atoms with Crippen molar-refractivity contribution in [3.63, 3.8) is 0 Å². The molecule has 1 aromatic heterocycles. The van der Waals surface area contributed by atoms with E-state index in [-0.39, 0.29) is 17.5 Å². The van der Waals surface area contributed by atoms with E-state index in [1.807, 2.05) is 36.6 Å². The van der Waals surface area contributed by atoms with Crippen molar-refractivity contribution in [2.24, 2.45) is 5.92 Å². The van der Waals surface area contributed by atoms with Crippen LogP contribution in [-0.4, -0.2) is 21.6 Å². The highest BCUT2D eigenvalue weighted by Gasteiger charge is 2.45. The van der Waals surface area contributed by atoms with Crippen LogP contribution in [0.25, 0.3) is 0 Å². The minimum absolute atomic E-state index is 0.0197. The third kappa shape index (κ3) is 5.64. The number of halogens is 3. The lowest BCUT2D eigenvalue weighted by atomic mass is 10.0. The summed E-state index contributed by atoms with van der Waals surface area (Å²) in [4.78, 5) is 24.4. The average Bonchev–Trinajstić information content (AvgIpc) is 3.51. The lowest BCUT2D eigenvalue weighted by molar-refractivity contribution is -0.139. The number of carbonyl (C=O) groups is 2. The normalized spacial score (nSPS) is 17.3. The highest BCUT2D eigenvalue weighted by molar-refractivity contribution is 6.05. The SMILES string of the molecule is CC(C)c1c(C(=O)Nc2cc([C@H]3C[C@H]3C(=O)O)ccc2C(F)(F)F)ccn1CCCc1ccccc1. The maximum Gasteiger partial charge on any atom is 0.418 e. The molecule has 2 atom stereocenters. The second kappa shape index (κ2) is 10.2. The number of carboxylic acid groups (broad SMARTS) is 1. The fourth-order valence-corrected chi connectivity index (χ4v) is 4.78. The molecule has 2 aromatic carbocycles. The predicted octanol–water partition coefficient (Wildman–Crippen LogP) is 6.70. The Labute approximate surface area is 208 Å². The molecule has 8 heteroatoms. The summed E-state index contributed by atoms with van der Waals surface area (Å²) in [5, 5.41) is 11.7. The van der Waals surface area contributed by atoms with Gasteiger partial charge in [0.25, 0.3) is 5.91 Å². The van der Waals surface area contributed by atoms with Crippen molar-refractivity contribution in [3.8, 4) is 0 Å². The fraction of sp³-hybridized carbons (Fsp3) is 0.357. The predicted molar refractivity (Wildman–Crippen MR) is 131 cm³/mol. The number of nitrogens with one attached hydrogen (secondary N) is 1. The van der Waals surface area contributed by atoms with Crippen molar-refractivity contribution in [2.45, 2.75) is 57.7 Å². The molecule has 1 aliphatic carbocycles. The van der Waals surface area contributed by atoms with Crippen LogP contribution < -0.4 is 5.32 Å². The summed E-state index contributed by atoms with van der Waals surface area (Å²) in [5.41, 5.74) is 1.48. The second-order valence-corrected chi connectivity index (χ2v) is 9.60. The number of aromatic nitrogens is 1. The van der Waals surface area contributed by atoms with Gasteiger partial charge in [0.05, 0.1) is 22.7 Å². The van der Waals surface area contributed by atoms with Gasteiger partial charge in [0.15, 0.2) is 0 Å². The summed E-state index contributed by atoms with van der Waals surface area (Å²) in [5.74, 6) is -2.57. The third-order valence-electron chi connectivity index (χ3n) is 6.64. The van der Waals surface area contributed by atoms with Crippen LogP contribution in [-0.2, 0) is 23.9 Å². The van der Waals surface area contributed by atoms with Gasteiger partial charge in [0.2, 0.25) is 0 Å². The van der Waals surface area contributed by atoms with Crippen molar-refractivity contribution < 1.29 is 27.9 Å². The van der Waals surface area contributed by atoms with E-state index in [9.17, 15) is 27.9 Å². The van der Waals surface area contributed by atoms with Crippen molar-refractivity contribution in [1.29, 1.82) is 0 Å². The molecule has 1 amide bonds. The first-order chi connectivity index (χ1) is 17.1. The van der Waals surface area contributed by atoms with Gasteiger partial charge in [0.1, 0.15) is 0 Å². The largest absolute Gasteiger partial charge is 0.481 e. The summed E-state index contributed by atoms with van der Waals surface area (Å²) in [7, 11) is 0. The van der Waals surface area contributed by atoms with Gasteiger partial charge in [-0.05, 0) is 60.4 Å². The van der Waals surface area contributed by atoms with Crippen molar-refractivity contribution in [2.75, 3.05) is 5.32 Å². The van der Waals surface area contributed by atoms with E-state index in [1.54, 1.807) is 12.3 Å². The van der Waals surface area contributed by atoms with Gasteiger partial charge in [-0.3, -0.25) is 9.59 Å². The molecule has 4 rings (SSSR count). The van der Waals surface area contributed by atoms with E-state index >= 15 is 0 Å². The summed E-state index contributed by atoms with van der Waals surface area (Å²) in [6.07, 6.45) is -0.763. The molecule has 3 aromatic rings. The Kier molecular flexibility index (Phi) is 7.24. The lowest BCUT2D eigenvalue weighted by Gasteiger charge is -2.17. The van der Waals surface area contributed by atoms with Gasteiger partial charge in [0, 0.05) is 18.4 Å². The lowest BCUT2D eigenvalue weighted by Crippen LogP contribution is -2.19. The standard InChI is InChI=1S/C28H29F3N2O3/c1-17(2)25-20(12-14-33(25)13-6-9-18-7-4-3-5-8-18)26(34)32-24-15-19(21-16-22(21)27(35)36)10-11-23(24)28(29,30)31/h3-5,7-8,10-12,14-15,17,21-22H,6,9,13,16H2,1-2H3,(H,32,34)(H,35,36)/t21-,22-/m1/s1. The van der Waals surface area contributed by atoms with E-state index in [4.69, 9.17) is 0 Å². The molecule has 0 radical (unpaired) electrons. The van der Waals surface area contributed by atoms with Gasteiger partial charge >= 0.3 is 12.1 Å². The molecule has 5 nitrogen and oxygen atoms in total. The van der Waals surface area contributed by atoms with Gasteiger partial charge in [-0.15, -0.1) is 0 Å². The van der Waals surface area contributed by atoms with Gasteiger partial charge in [-0.25, -0.2) is 0 Å². The summed E-state index contributed by atoms with van der Waals surface area (Å²) in [6.45, 7) is 4.57. The third-order valence-corrected chi connectivity index (χ3v) is 6.64. The molecule has 1 aliphatic rings. The van der Waals surface area contributed by atoms with Crippen LogP contribution in [0, 0.1) is 5.92 Å². The number of anilines is 1. The van der Waals surface area contributed by atoms with Crippen LogP contribution in [0.5, 0.6) is 0 Å². The average molecular weight is 499 g/mol. The number of nitrogens with zero attached hydrogens (tertiary/aromatic N) is 1. The monoisotopic (exact) mass is 498 g/mol. The molecule has 0 unspecified atom stereocenters. The first-order valence-corrected chi connectivity index (χ1v) is 12.0. The minimum Gasteiger partial charge on any atom is -0.481 e. The zero-order valence-corrected chi connectivity index (χ0v) is 20.2. The maximum absolute atomic E-state index is 13.7. The number of aliphatic carboxylic acids is 1.